The molecule has 2 aromatic rings. The van der Waals surface area contributed by atoms with E-state index in [0.717, 1.165) is 10.0 Å². The van der Waals surface area contributed by atoms with Gasteiger partial charge in [-0.15, -0.1) is 11.8 Å². The molecule has 1 N–H and O–H groups in total. The molecule has 5 heteroatoms. The van der Waals surface area contributed by atoms with Crippen molar-refractivity contribution in [3.8, 4) is 0 Å². The second-order valence-electron chi connectivity index (χ2n) is 3.93. The highest BCUT2D eigenvalue weighted by molar-refractivity contribution is 9.10. The minimum absolute atomic E-state index is 0.0632. The smallest absolute Gasteiger partial charge is 0.229 e. The zero-order valence-electron chi connectivity index (χ0n) is 10.4. The minimum Gasteiger partial charge on any atom is -0.310 e. The van der Waals surface area contributed by atoms with Crippen molar-refractivity contribution < 1.29 is 4.79 Å². The highest BCUT2D eigenvalue weighted by Crippen LogP contribution is 2.15. The van der Waals surface area contributed by atoms with Crippen LogP contribution in [-0.4, -0.2) is 17.1 Å². The third kappa shape index (κ3) is 4.36. The molecule has 0 atom stereocenters. The molecule has 2 rings (SSSR count). The van der Waals surface area contributed by atoms with Gasteiger partial charge in [-0.1, -0.05) is 12.1 Å². The fourth-order valence-corrected chi connectivity index (χ4v) is 2.21. The van der Waals surface area contributed by atoms with Gasteiger partial charge in [0, 0.05) is 15.6 Å². The second-order valence-corrected chi connectivity index (χ2v) is 5.73. The summed E-state index contributed by atoms with van der Waals surface area (Å²) in [5.74, 6) is 0.501. The molecule has 0 bridgehead atoms. The van der Waals surface area contributed by atoms with Crippen molar-refractivity contribution in [2.45, 2.75) is 11.3 Å². The molecule has 98 valence electrons. The van der Waals surface area contributed by atoms with Gasteiger partial charge in [-0.2, -0.15) is 0 Å². The average molecular weight is 337 g/mol. The van der Waals surface area contributed by atoms with E-state index in [2.05, 4.69) is 26.2 Å². The Balaban J connectivity index is 1.95. The highest BCUT2D eigenvalue weighted by atomic mass is 79.9. The van der Waals surface area contributed by atoms with Gasteiger partial charge in [-0.25, -0.2) is 4.98 Å². The lowest BCUT2D eigenvalue weighted by Gasteiger charge is -2.05. The summed E-state index contributed by atoms with van der Waals surface area (Å²) in [5, 5.41) is 2.77. The van der Waals surface area contributed by atoms with Crippen LogP contribution in [0.5, 0.6) is 0 Å². The number of thioether (sulfide) groups is 1. The molecule has 1 aromatic heterocycles. The van der Waals surface area contributed by atoms with Crippen molar-refractivity contribution >= 4 is 39.4 Å². The molecule has 0 aliphatic heterocycles. The van der Waals surface area contributed by atoms with Crippen LogP contribution in [0.25, 0.3) is 0 Å². The molecule has 0 saturated carbocycles. The number of carbonyl (C=O) groups excluding carboxylic acids is 1. The predicted molar refractivity (Wildman–Crippen MR) is 82.5 cm³/mol. The van der Waals surface area contributed by atoms with E-state index in [1.54, 1.807) is 24.0 Å². The van der Waals surface area contributed by atoms with E-state index in [1.165, 1.54) is 4.90 Å². The lowest BCUT2D eigenvalue weighted by Crippen LogP contribution is -2.15. The molecule has 1 aromatic carbocycles. The number of pyridine rings is 1. The standard InChI is InChI=1S/C14H13BrN2OS/c1-19-12-5-2-10(3-6-12)8-14(18)17-13-7-4-11(15)9-16-13/h2-7,9H,8H2,1H3,(H,16,17,18). The SMILES string of the molecule is CSc1ccc(CC(=O)Nc2ccc(Br)cn2)cc1. The highest BCUT2D eigenvalue weighted by Gasteiger charge is 2.05. The van der Waals surface area contributed by atoms with Crippen LogP contribution < -0.4 is 5.32 Å². The first-order chi connectivity index (χ1) is 9.17. The van der Waals surface area contributed by atoms with Gasteiger partial charge in [-0.3, -0.25) is 4.79 Å². The molecular weight excluding hydrogens is 324 g/mol. The summed E-state index contributed by atoms with van der Waals surface area (Å²) in [6, 6.07) is 11.6. The zero-order chi connectivity index (χ0) is 13.7. The summed E-state index contributed by atoms with van der Waals surface area (Å²) in [4.78, 5) is 17.2. The Bertz CT molecular complexity index is 555. The first-order valence-electron chi connectivity index (χ1n) is 5.72. The Morgan fingerprint density at radius 2 is 2.00 bits per heavy atom. The van der Waals surface area contributed by atoms with E-state index < -0.39 is 0 Å². The zero-order valence-corrected chi connectivity index (χ0v) is 12.8. The number of benzene rings is 1. The molecular formula is C14H13BrN2OS. The van der Waals surface area contributed by atoms with Crippen LogP contribution in [0.3, 0.4) is 0 Å². The fourth-order valence-electron chi connectivity index (χ4n) is 1.57. The van der Waals surface area contributed by atoms with E-state index >= 15 is 0 Å². The number of aromatic nitrogens is 1. The number of hydrogen-bond acceptors (Lipinski definition) is 3. The number of carbonyl (C=O) groups is 1. The number of rotatable bonds is 4. The molecule has 0 aliphatic rings. The van der Waals surface area contributed by atoms with Gasteiger partial charge in [0.15, 0.2) is 0 Å². The molecule has 0 spiro atoms. The molecule has 3 nitrogen and oxygen atoms in total. The first kappa shape index (κ1) is 14.1. The van der Waals surface area contributed by atoms with Crippen LogP contribution in [0, 0.1) is 0 Å². The summed E-state index contributed by atoms with van der Waals surface area (Å²) >= 11 is 4.99. The Morgan fingerprint density at radius 3 is 2.58 bits per heavy atom. The summed E-state index contributed by atoms with van der Waals surface area (Å²) in [6.45, 7) is 0. The van der Waals surface area contributed by atoms with Crippen LogP contribution in [0.1, 0.15) is 5.56 Å². The van der Waals surface area contributed by atoms with Gasteiger partial charge in [0.1, 0.15) is 5.82 Å². The quantitative estimate of drug-likeness (QED) is 0.864. The molecule has 0 radical (unpaired) electrons. The van der Waals surface area contributed by atoms with Gasteiger partial charge in [-0.05, 0) is 52.0 Å². The number of nitrogens with one attached hydrogen (secondary N) is 1. The fraction of sp³-hybridized carbons (Fsp3) is 0.143. The summed E-state index contributed by atoms with van der Waals surface area (Å²) in [6.07, 6.45) is 4.04. The molecule has 0 saturated heterocycles. The van der Waals surface area contributed by atoms with Crippen LogP contribution in [-0.2, 0) is 11.2 Å². The van der Waals surface area contributed by atoms with Crippen molar-refractivity contribution in [2.24, 2.45) is 0 Å². The van der Waals surface area contributed by atoms with E-state index in [1.807, 2.05) is 36.6 Å². The Morgan fingerprint density at radius 1 is 1.26 bits per heavy atom. The van der Waals surface area contributed by atoms with Gasteiger partial charge in [0.25, 0.3) is 0 Å². The number of halogens is 1. The average Bonchev–Trinajstić information content (AvgIpc) is 2.42. The number of anilines is 1. The molecule has 0 fully saturated rings. The predicted octanol–water partition coefficient (Wildman–Crippen LogP) is 3.75. The maximum Gasteiger partial charge on any atom is 0.229 e. The van der Waals surface area contributed by atoms with Gasteiger partial charge in [0.2, 0.25) is 5.91 Å². The van der Waals surface area contributed by atoms with Gasteiger partial charge < -0.3 is 5.32 Å². The van der Waals surface area contributed by atoms with Crippen LogP contribution >= 0.6 is 27.7 Å². The molecule has 19 heavy (non-hydrogen) atoms. The number of amides is 1. The first-order valence-corrected chi connectivity index (χ1v) is 7.73. The van der Waals surface area contributed by atoms with Crippen LogP contribution in [0.15, 0.2) is 52.0 Å². The van der Waals surface area contributed by atoms with E-state index in [0.29, 0.717) is 12.2 Å². The third-order valence-corrected chi connectivity index (χ3v) is 3.73. The number of hydrogen-bond donors (Lipinski definition) is 1. The van der Waals surface area contributed by atoms with Gasteiger partial charge >= 0.3 is 0 Å². The normalized spacial score (nSPS) is 10.2. The summed E-state index contributed by atoms with van der Waals surface area (Å²) < 4.78 is 0.887. The monoisotopic (exact) mass is 336 g/mol. The maximum absolute atomic E-state index is 11.9. The molecule has 1 heterocycles. The van der Waals surface area contributed by atoms with Crippen molar-refractivity contribution in [1.29, 1.82) is 0 Å². The molecule has 0 unspecified atom stereocenters. The topological polar surface area (TPSA) is 42.0 Å². The van der Waals surface area contributed by atoms with E-state index in [4.69, 9.17) is 0 Å². The minimum atomic E-state index is -0.0632. The Hall–Kier alpha value is -1.33. The lowest BCUT2D eigenvalue weighted by molar-refractivity contribution is -0.115. The third-order valence-electron chi connectivity index (χ3n) is 2.52. The van der Waals surface area contributed by atoms with Gasteiger partial charge in [0.05, 0.1) is 6.42 Å². The molecule has 0 aliphatic carbocycles. The van der Waals surface area contributed by atoms with E-state index in [-0.39, 0.29) is 5.91 Å². The Kier molecular flexibility index (Phi) is 4.99. The van der Waals surface area contributed by atoms with Crippen LogP contribution in [0.4, 0.5) is 5.82 Å². The van der Waals surface area contributed by atoms with Crippen molar-refractivity contribution in [3.05, 3.63) is 52.6 Å². The van der Waals surface area contributed by atoms with E-state index in [9.17, 15) is 4.79 Å². The van der Waals surface area contributed by atoms with Crippen LogP contribution in [0.2, 0.25) is 0 Å². The number of nitrogens with zero attached hydrogens (tertiary/aromatic N) is 1. The van der Waals surface area contributed by atoms with Crippen molar-refractivity contribution in [3.63, 3.8) is 0 Å². The summed E-state index contributed by atoms with van der Waals surface area (Å²) in [5.41, 5.74) is 0.993. The Labute approximate surface area is 125 Å². The van der Waals surface area contributed by atoms with Crippen molar-refractivity contribution in [1.82, 2.24) is 4.98 Å². The second kappa shape index (κ2) is 6.73. The lowest BCUT2D eigenvalue weighted by atomic mass is 10.1. The maximum atomic E-state index is 11.9. The largest absolute Gasteiger partial charge is 0.310 e. The van der Waals surface area contributed by atoms with Crippen molar-refractivity contribution in [2.75, 3.05) is 11.6 Å². The molecule has 1 amide bonds. The summed E-state index contributed by atoms with van der Waals surface area (Å²) in [7, 11) is 0.